The van der Waals surface area contributed by atoms with E-state index in [-0.39, 0.29) is 11.8 Å². The molecule has 3 nitrogen and oxygen atoms in total. The highest BCUT2D eigenvalue weighted by atomic mass is 16.5. The first kappa shape index (κ1) is 11.1. The molecule has 1 N–H and O–H groups in total. The SMILES string of the molecule is CC(C)c1ccc(NC(=O)C2COC2)cc1. The highest BCUT2D eigenvalue weighted by Crippen LogP contribution is 2.18. The summed E-state index contributed by atoms with van der Waals surface area (Å²) in [5.41, 5.74) is 2.14. The van der Waals surface area contributed by atoms with Crippen LogP contribution in [-0.4, -0.2) is 19.1 Å². The molecule has 0 bridgehead atoms. The number of nitrogens with one attached hydrogen (secondary N) is 1. The van der Waals surface area contributed by atoms with E-state index in [1.54, 1.807) is 0 Å². The largest absolute Gasteiger partial charge is 0.380 e. The molecule has 0 radical (unpaired) electrons. The molecular weight excluding hydrogens is 202 g/mol. The molecule has 1 aliphatic heterocycles. The normalized spacial score (nSPS) is 15.9. The van der Waals surface area contributed by atoms with Gasteiger partial charge in [0.25, 0.3) is 0 Å². The van der Waals surface area contributed by atoms with Gasteiger partial charge < -0.3 is 10.1 Å². The molecule has 1 amide bonds. The molecule has 1 fully saturated rings. The Balaban J connectivity index is 1.96. The Kier molecular flexibility index (Phi) is 3.25. The van der Waals surface area contributed by atoms with Gasteiger partial charge in [-0.1, -0.05) is 26.0 Å². The Labute approximate surface area is 95.8 Å². The van der Waals surface area contributed by atoms with Crippen LogP contribution in [0.1, 0.15) is 25.3 Å². The summed E-state index contributed by atoms with van der Waals surface area (Å²) in [6.45, 7) is 5.41. The number of anilines is 1. The fraction of sp³-hybridized carbons (Fsp3) is 0.462. The monoisotopic (exact) mass is 219 g/mol. The molecule has 3 heteroatoms. The van der Waals surface area contributed by atoms with Gasteiger partial charge in [-0.25, -0.2) is 0 Å². The Hall–Kier alpha value is -1.35. The molecule has 0 aromatic heterocycles. The van der Waals surface area contributed by atoms with Crippen LogP contribution in [0, 0.1) is 5.92 Å². The van der Waals surface area contributed by atoms with Crippen LogP contribution >= 0.6 is 0 Å². The van der Waals surface area contributed by atoms with E-state index in [4.69, 9.17) is 4.74 Å². The topological polar surface area (TPSA) is 38.3 Å². The van der Waals surface area contributed by atoms with E-state index in [0.29, 0.717) is 19.1 Å². The number of carbonyl (C=O) groups is 1. The highest BCUT2D eigenvalue weighted by molar-refractivity contribution is 5.93. The van der Waals surface area contributed by atoms with Gasteiger partial charge in [0.2, 0.25) is 5.91 Å². The molecule has 0 saturated carbocycles. The smallest absolute Gasteiger partial charge is 0.232 e. The average Bonchev–Trinajstić information content (AvgIpc) is 2.15. The van der Waals surface area contributed by atoms with Crippen molar-refractivity contribution in [3.8, 4) is 0 Å². The van der Waals surface area contributed by atoms with Crippen molar-refractivity contribution in [3.05, 3.63) is 29.8 Å². The van der Waals surface area contributed by atoms with Gasteiger partial charge in [0.1, 0.15) is 0 Å². The van der Waals surface area contributed by atoms with E-state index < -0.39 is 0 Å². The molecule has 0 spiro atoms. The van der Waals surface area contributed by atoms with Crippen LogP contribution in [0.2, 0.25) is 0 Å². The zero-order valence-corrected chi connectivity index (χ0v) is 9.69. The quantitative estimate of drug-likeness (QED) is 0.847. The van der Waals surface area contributed by atoms with Gasteiger partial charge in [-0.05, 0) is 23.6 Å². The number of amides is 1. The van der Waals surface area contributed by atoms with Crippen LogP contribution in [-0.2, 0) is 9.53 Å². The molecular formula is C13H17NO2. The summed E-state index contributed by atoms with van der Waals surface area (Å²) in [7, 11) is 0. The van der Waals surface area contributed by atoms with Crippen molar-refractivity contribution in [2.75, 3.05) is 18.5 Å². The van der Waals surface area contributed by atoms with Crippen molar-refractivity contribution in [1.29, 1.82) is 0 Å². The number of benzene rings is 1. The minimum absolute atomic E-state index is 0.0322. The Morgan fingerprint density at radius 2 is 1.94 bits per heavy atom. The second-order valence-corrected chi connectivity index (χ2v) is 4.50. The van der Waals surface area contributed by atoms with E-state index in [9.17, 15) is 4.79 Å². The number of ether oxygens (including phenoxy) is 1. The molecule has 0 aliphatic carbocycles. The number of carbonyl (C=O) groups excluding carboxylic acids is 1. The first-order valence-electron chi connectivity index (χ1n) is 5.65. The van der Waals surface area contributed by atoms with Crippen molar-refractivity contribution >= 4 is 11.6 Å². The fourth-order valence-electron chi connectivity index (χ4n) is 1.58. The first-order valence-corrected chi connectivity index (χ1v) is 5.65. The molecule has 2 rings (SSSR count). The van der Waals surface area contributed by atoms with Crippen molar-refractivity contribution in [2.45, 2.75) is 19.8 Å². The van der Waals surface area contributed by atoms with Gasteiger partial charge in [0.15, 0.2) is 0 Å². The maximum absolute atomic E-state index is 11.6. The summed E-state index contributed by atoms with van der Waals surface area (Å²) in [6, 6.07) is 8.01. The van der Waals surface area contributed by atoms with Crippen molar-refractivity contribution in [3.63, 3.8) is 0 Å². The molecule has 1 saturated heterocycles. The third-order valence-electron chi connectivity index (χ3n) is 2.85. The van der Waals surface area contributed by atoms with Crippen LogP contribution in [0.15, 0.2) is 24.3 Å². The Bertz CT molecular complexity index is 366. The lowest BCUT2D eigenvalue weighted by molar-refractivity contribution is -0.133. The molecule has 0 atom stereocenters. The third-order valence-corrected chi connectivity index (χ3v) is 2.85. The Morgan fingerprint density at radius 3 is 2.38 bits per heavy atom. The zero-order valence-electron chi connectivity index (χ0n) is 9.69. The second-order valence-electron chi connectivity index (χ2n) is 4.50. The van der Waals surface area contributed by atoms with Crippen molar-refractivity contribution in [1.82, 2.24) is 0 Å². The van der Waals surface area contributed by atoms with Gasteiger partial charge in [0.05, 0.1) is 19.1 Å². The van der Waals surface area contributed by atoms with E-state index in [2.05, 4.69) is 31.3 Å². The predicted octanol–water partition coefficient (Wildman–Crippen LogP) is 2.39. The molecule has 1 aliphatic rings. The summed E-state index contributed by atoms with van der Waals surface area (Å²) >= 11 is 0. The minimum atomic E-state index is 0.0322. The number of hydrogen-bond donors (Lipinski definition) is 1. The molecule has 1 aromatic carbocycles. The first-order chi connectivity index (χ1) is 7.66. The predicted molar refractivity (Wildman–Crippen MR) is 63.5 cm³/mol. The van der Waals surface area contributed by atoms with E-state index in [1.807, 2.05) is 12.1 Å². The van der Waals surface area contributed by atoms with Crippen molar-refractivity contribution < 1.29 is 9.53 Å². The lowest BCUT2D eigenvalue weighted by Gasteiger charge is -2.24. The van der Waals surface area contributed by atoms with Crippen LogP contribution in [0.4, 0.5) is 5.69 Å². The second kappa shape index (κ2) is 4.66. The lowest BCUT2D eigenvalue weighted by Crippen LogP contribution is -2.38. The average molecular weight is 219 g/mol. The highest BCUT2D eigenvalue weighted by Gasteiger charge is 2.26. The fourth-order valence-corrected chi connectivity index (χ4v) is 1.58. The van der Waals surface area contributed by atoms with Crippen molar-refractivity contribution in [2.24, 2.45) is 5.92 Å². The molecule has 1 heterocycles. The van der Waals surface area contributed by atoms with Gasteiger partial charge in [0, 0.05) is 5.69 Å². The summed E-state index contributed by atoms with van der Waals surface area (Å²) in [5.74, 6) is 0.609. The van der Waals surface area contributed by atoms with E-state index in [0.717, 1.165) is 5.69 Å². The maximum atomic E-state index is 11.6. The van der Waals surface area contributed by atoms with E-state index >= 15 is 0 Å². The van der Waals surface area contributed by atoms with Gasteiger partial charge >= 0.3 is 0 Å². The van der Waals surface area contributed by atoms with Crippen LogP contribution in [0.25, 0.3) is 0 Å². The lowest BCUT2D eigenvalue weighted by atomic mass is 10.0. The van der Waals surface area contributed by atoms with Crippen LogP contribution in [0.3, 0.4) is 0 Å². The summed E-state index contributed by atoms with van der Waals surface area (Å²) in [4.78, 5) is 11.6. The van der Waals surface area contributed by atoms with Crippen LogP contribution < -0.4 is 5.32 Å². The standard InChI is InChI=1S/C13H17NO2/c1-9(2)10-3-5-12(6-4-10)14-13(15)11-7-16-8-11/h3-6,9,11H,7-8H2,1-2H3,(H,14,15). The number of rotatable bonds is 3. The van der Waals surface area contributed by atoms with Crippen LogP contribution in [0.5, 0.6) is 0 Å². The number of hydrogen-bond acceptors (Lipinski definition) is 2. The third kappa shape index (κ3) is 2.42. The van der Waals surface area contributed by atoms with Gasteiger partial charge in [-0.3, -0.25) is 4.79 Å². The summed E-state index contributed by atoms with van der Waals surface area (Å²) < 4.78 is 4.98. The van der Waals surface area contributed by atoms with Gasteiger partial charge in [-0.15, -0.1) is 0 Å². The molecule has 1 aromatic rings. The molecule has 86 valence electrons. The molecule has 16 heavy (non-hydrogen) atoms. The van der Waals surface area contributed by atoms with E-state index in [1.165, 1.54) is 5.56 Å². The Morgan fingerprint density at radius 1 is 1.31 bits per heavy atom. The maximum Gasteiger partial charge on any atom is 0.232 e. The molecule has 0 unspecified atom stereocenters. The minimum Gasteiger partial charge on any atom is -0.380 e. The zero-order chi connectivity index (χ0) is 11.5. The summed E-state index contributed by atoms with van der Waals surface area (Å²) in [5, 5.41) is 2.89. The van der Waals surface area contributed by atoms with Gasteiger partial charge in [-0.2, -0.15) is 0 Å². The summed E-state index contributed by atoms with van der Waals surface area (Å²) in [6.07, 6.45) is 0.